The summed E-state index contributed by atoms with van der Waals surface area (Å²) in [7, 11) is -3.25. The Morgan fingerprint density at radius 3 is 2.86 bits per heavy atom. The zero-order chi connectivity index (χ0) is 15.3. The van der Waals surface area contributed by atoms with E-state index in [0.29, 0.717) is 24.5 Å². The second-order valence-electron chi connectivity index (χ2n) is 5.25. The number of aliphatic hydroxyl groups excluding tert-OH is 1. The fraction of sp³-hybridized carbons (Fsp3) is 0.571. The molecule has 0 aromatic heterocycles. The van der Waals surface area contributed by atoms with E-state index in [4.69, 9.17) is 5.73 Å². The third-order valence-electron chi connectivity index (χ3n) is 3.65. The van der Waals surface area contributed by atoms with E-state index < -0.39 is 10.0 Å². The van der Waals surface area contributed by atoms with Crippen LogP contribution in [0, 0.1) is 5.92 Å². The van der Waals surface area contributed by atoms with E-state index in [9.17, 15) is 13.5 Å². The van der Waals surface area contributed by atoms with Crippen LogP contribution in [0.5, 0.6) is 0 Å². The maximum absolute atomic E-state index is 12.3. The van der Waals surface area contributed by atoms with Gasteiger partial charge in [-0.3, -0.25) is 0 Å². The molecule has 0 aliphatic carbocycles. The number of benzene rings is 1. The lowest BCUT2D eigenvalue weighted by molar-refractivity contribution is 0.165. The number of nitrogens with two attached hydrogens (primary N) is 1. The van der Waals surface area contributed by atoms with Crippen molar-refractivity contribution < 1.29 is 13.5 Å². The standard InChI is InChI=1S/C14H22N2O3S2/c15-13-5-1-2-6-14(13)20-8-9-21(18,19)16-7-3-4-12(10-16)11-17/h1-2,5-6,12,17H,3-4,7-11,15H2. The average Bonchev–Trinajstić information content (AvgIpc) is 2.49. The summed E-state index contributed by atoms with van der Waals surface area (Å²) in [5.74, 6) is 0.659. The zero-order valence-corrected chi connectivity index (χ0v) is 13.6. The molecule has 1 unspecified atom stereocenters. The van der Waals surface area contributed by atoms with Gasteiger partial charge in [-0.2, -0.15) is 0 Å². The molecular weight excluding hydrogens is 308 g/mol. The Kier molecular flexibility index (Phi) is 5.92. The van der Waals surface area contributed by atoms with Crippen molar-refractivity contribution in [3.05, 3.63) is 24.3 Å². The van der Waals surface area contributed by atoms with Crippen LogP contribution in [-0.2, 0) is 10.0 Å². The van der Waals surface area contributed by atoms with Crippen molar-refractivity contribution in [2.45, 2.75) is 17.7 Å². The van der Waals surface area contributed by atoms with Gasteiger partial charge in [0.05, 0.1) is 5.75 Å². The topological polar surface area (TPSA) is 83.6 Å². The number of aliphatic hydroxyl groups is 1. The Morgan fingerprint density at radius 2 is 2.14 bits per heavy atom. The number of nitrogens with zero attached hydrogens (tertiary/aromatic N) is 1. The lowest BCUT2D eigenvalue weighted by atomic mass is 10.0. The number of nitrogen functional groups attached to an aromatic ring is 1. The third-order valence-corrected chi connectivity index (χ3v) is 6.84. The maximum atomic E-state index is 12.3. The molecule has 0 spiro atoms. The molecule has 1 aromatic carbocycles. The molecule has 1 heterocycles. The molecule has 1 aliphatic heterocycles. The van der Waals surface area contributed by atoms with Crippen LogP contribution in [-0.4, -0.2) is 49.0 Å². The van der Waals surface area contributed by atoms with E-state index in [1.165, 1.54) is 16.1 Å². The molecule has 118 valence electrons. The fourth-order valence-corrected chi connectivity index (χ4v) is 5.34. The van der Waals surface area contributed by atoms with Gasteiger partial charge >= 0.3 is 0 Å². The van der Waals surface area contributed by atoms with E-state index in [1.54, 1.807) is 0 Å². The van der Waals surface area contributed by atoms with E-state index >= 15 is 0 Å². The monoisotopic (exact) mass is 330 g/mol. The van der Waals surface area contributed by atoms with E-state index in [0.717, 1.165) is 17.7 Å². The maximum Gasteiger partial charge on any atom is 0.214 e. The second kappa shape index (κ2) is 7.49. The molecule has 0 radical (unpaired) electrons. The van der Waals surface area contributed by atoms with Gasteiger partial charge in [-0.15, -0.1) is 11.8 Å². The van der Waals surface area contributed by atoms with E-state index in [2.05, 4.69) is 0 Å². The highest BCUT2D eigenvalue weighted by Gasteiger charge is 2.28. The van der Waals surface area contributed by atoms with Crippen molar-refractivity contribution in [1.82, 2.24) is 4.31 Å². The van der Waals surface area contributed by atoms with Crippen LogP contribution in [0.3, 0.4) is 0 Å². The quantitative estimate of drug-likeness (QED) is 0.608. The molecule has 1 fully saturated rings. The summed E-state index contributed by atoms with van der Waals surface area (Å²) in [4.78, 5) is 0.916. The minimum absolute atomic E-state index is 0.0569. The highest BCUT2D eigenvalue weighted by molar-refractivity contribution is 8.00. The van der Waals surface area contributed by atoms with Gasteiger partial charge in [-0.1, -0.05) is 12.1 Å². The Morgan fingerprint density at radius 1 is 1.38 bits per heavy atom. The molecule has 1 aromatic rings. The minimum Gasteiger partial charge on any atom is -0.398 e. The fourth-order valence-electron chi connectivity index (χ4n) is 2.43. The molecule has 1 saturated heterocycles. The van der Waals surface area contributed by atoms with Gasteiger partial charge in [-0.05, 0) is 30.9 Å². The number of rotatable bonds is 6. The highest BCUT2D eigenvalue weighted by Crippen LogP contribution is 2.25. The molecule has 2 rings (SSSR count). The number of hydrogen-bond donors (Lipinski definition) is 2. The number of thioether (sulfide) groups is 1. The molecule has 0 amide bonds. The largest absolute Gasteiger partial charge is 0.398 e. The number of hydrogen-bond acceptors (Lipinski definition) is 5. The summed E-state index contributed by atoms with van der Waals surface area (Å²) in [6, 6.07) is 7.46. The van der Waals surface area contributed by atoms with Crippen molar-refractivity contribution >= 4 is 27.5 Å². The number of sulfonamides is 1. The molecule has 1 aliphatic rings. The van der Waals surface area contributed by atoms with Gasteiger partial charge in [-0.25, -0.2) is 12.7 Å². The van der Waals surface area contributed by atoms with Crippen LogP contribution in [0.2, 0.25) is 0 Å². The van der Waals surface area contributed by atoms with Gasteiger partial charge in [0, 0.05) is 36.0 Å². The van der Waals surface area contributed by atoms with Gasteiger partial charge in [0.25, 0.3) is 0 Å². The van der Waals surface area contributed by atoms with Gasteiger partial charge in [0.15, 0.2) is 0 Å². The van der Waals surface area contributed by atoms with Crippen LogP contribution in [0.25, 0.3) is 0 Å². The first-order chi connectivity index (χ1) is 10.0. The Bertz CT molecular complexity index is 563. The molecule has 1 atom stereocenters. The van der Waals surface area contributed by atoms with Crippen molar-refractivity contribution in [3.8, 4) is 0 Å². The summed E-state index contributed by atoms with van der Waals surface area (Å²) < 4.78 is 26.2. The summed E-state index contributed by atoms with van der Waals surface area (Å²) in [6.45, 7) is 1.06. The lowest BCUT2D eigenvalue weighted by Crippen LogP contribution is -2.42. The molecular formula is C14H22N2O3S2. The second-order valence-corrected chi connectivity index (χ2v) is 8.48. The summed E-state index contributed by atoms with van der Waals surface area (Å²) in [5, 5.41) is 9.19. The van der Waals surface area contributed by atoms with Crippen molar-refractivity contribution in [1.29, 1.82) is 0 Å². The van der Waals surface area contributed by atoms with Crippen molar-refractivity contribution in [3.63, 3.8) is 0 Å². The highest BCUT2D eigenvalue weighted by atomic mass is 32.2. The normalized spacial score (nSPS) is 20.5. The first-order valence-corrected chi connectivity index (χ1v) is 9.68. The number of anilines is 1. The third kappa shape index (κ3) is 4.60. The lowest BCUT2D eigenvalue weighted by Gasteiger charge is -2.30. The van der Waals surface area contributed by atoms with Crippen LogP contribution >= 0.6 is 11.8 Å². The Balaban J connectivity index is 1.88. The first kappa shape index (κ1) is 16.6. The number of para-hydroxylation sites is 1. The Labute approximate surface area is 130 Å². The predicted octanol–water partition coefficient (Wildman–Crippen LogP) is 1.40. The predicted molar refractivity (Wildman–Crippen MR) is 86.7 cm³/mol. The molecule has 0 bridgehead atoms. The first-order valence-electron chi connectivity index (χ1n) is 7.09. The average molecular weight is 330 g/mol. The van der Waals surface area contributed by atoms with E-state index in [-0.39, 0.29) is 18.3 Å². The molecule has 7 heteroatoms. The smallest absolute Gasteiger partial charge is 0.214 e. The molecule has 21 heavy (non-hydrogen) atoms. The summed E-state index contributed by atoms with van der Waals surface area (Å²) >= 11 is 1.46. The SMILES string of the molecule is Nc1ccccc1SCCS(=O)(=O)N1CCCC(CO)C1. The van der Waals surface area contributed by atoms with Gasteiger partial charge in [0.1, 0.15) is 0 Å². The van der Waals surface area contributed by atoms with Crippen LogP contribution < -0.4 is 5.73 Å². The molecule has 5 nitrogen and oxygen atoms in total. The van der Waals surface area contributed by atoms with E-state index in [1.807, 2.05) is 24.3 Å². The van der Waals surface area contributed by atoms with Crippen molar-refractivity contribution in [2.75, 3.05) is 36.9 Å². The number of piperidine rings is 1. The summed E-state index contributed by atoms with van der Waals surface area (Å²) in [5.41, 5.74) is 6.52. The van der Waals surface area contributed by atoms with Crippen LogP contribution in [0.4, 0.5) is 5.69 Å². The van der Waals surface area contributed by atoms with Crippen LogP contribution in [0.1, 0.15) is 12.8 Å². The molecule has 0 saturated carbocycles. The minimum atomic E-state index is -3.25. The van der Waals surface area contributed by atoms with Crippen LogP contribution in [0.15, 0.2) is 29.2 Å². The van der Waals surface area contributed by atoms with Crippen molar-refractivity contribution in [2.24, 2.45) is 5.92 Å². The molecule has 3 N–H and O–H groups in total. The summed E-state index contributed by atoms with van der Waals surface area (Å²) in [6.07, 6.45) is 1.72. The van der Waals surface area contributed by atoms with Gasteiger partial charge < -0.3 is 10.8 Å². The zero-order valence-electron chi connectivity index (χ0n) is 11.9. The Hall–Kier alpha value is -0.760. The van der Waals surface area contributed by atoms with Gasteiger partial charge in [0.2, 0.25) is 10.0 Å².